The van der Waals surface area contributed by atoms with Crippen molar-refractivity contribution in [2.45, 2.75) is 6.61 Å². The molecule has 0 spiro atoms. The molecule has 0 aliphatic carbocycles. The fraction of sp³-hybridized carbons (Fsp3) is 0.0417. The maximum atomic E-state index is 13.1. The summed E-state index contributed by atoms with van der Waals surface area (Å²) in [7, 11) is 0. The predicted octanol–water partition coefficient (Wildman–Crippen LogP) is 5.35. The number of nitrogens with zero attached hydrogens (tertiary/aromatic N) is 1. The number of barbiturate groups is 1. The molecule has 1 aliphatic rings. The molecule has 3 aromatic carbocycles. The highest BCUT2D eigenvalue weighted by Crippen LogP contribution is 2.28. The first-order chi connectivity index (χ1) is 15.4. The number of amides is 4. The molecule has 8 heteroatoms. The quantitative estimate of drug-likeness (QED) is 0.370. The minimum absolute atomic E-state index is 0.178. The Hall–Kier alpha value is -3.42. The molecule has 1 saturated heterocycles. The molecule has 0 aromatic heterocycles. The van der Waals surface area contributed by atoms with Crippen molar-refractivity contribution in [3.63, 3.8) is 0 Å². The van der Waals surface area contributed by atoms with E-state index in [0.29, 0.717) is 22.0 Å². The Morgan fingerprint density at radius 1 is 0.969 bits per heavy atom. The van der Waals surface area contributed by atoms with Gasteiger partial charge in [-0.25, -0.2) is 9.69 Å². The normalized spacial score (nSPS) is 15.1. The van der Waals surface area contributed by atoms with E-state index in [4.69, 9.17) is 16.3 Å². The van der Waals surface area contributed by atoms with Crippen LogP contribution in [-0.4, -0.2) is 17.8 Å². The summed E-state index contributed by atoms with van der Waals surface area (Å²) in [4.78, 5) is 38.8. The summed E-state index contributed by atoms with van der Waals surface area (Å²) in [6.45, 7) is 0.268. The number of ether oxygens (including phenoxy) is 1. The van der Waals surface area contributed by atoms with Crippen LogP contribution in [0, 0.1) is 0 Å². The zero-order valence-electron chi connectivity index (χ0n) is 16.5. The number of anilines is 1. The average Bonchev–Trinajstić information content (AvgIpc) is 2.78. The zero-order chi connectivity index (χ0) is 22.7. The average molecular weight is 512 g/mol. The van der Waals surface area contributed by atoms with Crippen molar-refractivity contribution in [3.05, 3.63) is 99.0 Å². The van der Waals surface area contributed by atoms with Crippen LogP contribution >= 0.6 is 27.5 Å². The maximum absolute atomic E-state index is 13.1. The molecule has 1 aliphatic heterocycles. The fourth-order valence-electron chi connectivity index (χ4n) is 3.13. The summed E-state index contributed by atoms with van der Waals surface area (Å²) in [6, 6.07) is 20.1. The lowest BCUT2D eigenvalue weighted by Crippen LogP contribution is -2.54. The Balaban J connectivity index is 1.66. The third-order valence-electron chi connectivity index (χ3n) is 4.70. The predicted molar refractivity (Wildman–Crippen MR) is 125 cm³/mol. The molecule has 3 aromatic rings. The molecular weight excluding hydrogens is 496 g/mol. The highest BCUT2D eigenvalue weighted by Gasteiger charge is 2.36. The monoisotopic (exact) mass is 510 g/mol. The number of rotatable bonds is 5. The number of halogens is 2. The SMILES string of the molecule is O=C1NC(=O)N(c2ccccc2)C(=O)/C1=C/c1cc(Br)ccc1OCc1ccc(Cl)cc1. The second-order valence-electron chi connectivity index (χ2n) is 6.89. The van der Waals surface area contributed by atoms with Gasteiger partial charge >= 0.3 is 6.03 Å². The smallest absolute Gasteiger partial charge is 0.335 e. The maximum Gasteiger partial charge on any atom is 0.335 e. The van der Waals surface area contributed by atoms with E-state index in [9.17, 15) is 14.4 Å². The summed E-state index contributed by atoms with van der Waals surface area (Å²) in [6.07, 6.45) is 1.42. The van der Waals surface area contributed by atoms with Crippen LogP contribution in [0.25, 0.3) is 6.08 Å². The van der Waals surface area contributed by atoms with Gasteiger partial charge < -0.3 is 4.74 Å². The van der Waals surface area contributed by atoms with Crippen molar-refractivity contribution >= 4 is 57.1 Å². The molecule has 0 bridgehead atoms. The molecule has 160 valence electrons. The summed E-state index contributed by atoms with van der Waals surface area (Å²) >= 11 is 9.33. The van der Waals surface area contributed by atoms with Crippen LogP contribution in [0.5, 0.6) is 5.75 Å². The van der Waals surface area contributed by atoms with Gasteiger partial charge in [-0.05, 0) is 54.1 Å². The van der Waals surface area contributed by atoms with Gasteiger partial charge in [-0.15, -0.1) is 0 Å². The molecule has 1 fully saturated rings. The van der Waals surface area contributed by atoms with E-state index in [-0.39, 0.29) is 12.2 Å². The number of carbonyl (C=O) groups is 3. The van der Waals surface area contributed by atoms with Gasteiger partial charge in [0.25, 0.3) is 11.8 Å². The molecule has 0 atom stereocenters. The van der Waals surface area contributed by atoms with Crippen molar-refractivity contribution < 1.29 is 19.1 Å². The van der Waals surface area contributed by atoms with Crippen LogP contribution in [-0.2, 0) is 16.2 Å². The molecule has 4 rings (SSSR count). The second kappa shape index (κ2) is 9.38. The first-order valence-corrected chi connectivity index (χ1v) is 10.7. The number of imide groups is 2. The van der Waals surface area contributed by atoms with Gasteiger partial charge in [0, 0.05) is 15.1 Å². The zero-order valence-corrected chi connectivity index (χ0v) is 18.9. The van der Waals surface area contributed by atoms with Crippen LogP contribution in [0.3, 0.4) is 0 Å². The number of para-hydroxylation sites is 1. The Bertz CT molecular complexity index is 1230. The van der Waals surface area contributed by atoms with Crippen LogP contribution in [0.4, 0.5) is 10.5 Å². The van der Waals surface area contributed by atoms with E-state index in [0.717, 1.165) is 14.9 Å². The highest BCUT2D eigenvalue weighted by molar-refractivity contribution is 9.10. The van der Waals surface area contributed by atoms with Gasteiger partial charge in [-0.1, -0.05) is 57.9 Å². The topological polar surface area (TPSA) is 75.7 Å². The van der Waals surface area contributed by atoms with E-state index < -0.39 is 17.8 Å². The van der Waals surface area contributed by atoms with E-state index in [1.807, 2.05) is 12.1 Å². The number of benzene rings is 3. The molecular formula is C24H16BrClN2O4. The van der Waals surface area contributed by atoms with Crippen LogP contribution in [0.1, 0.15) is 11.1 Å². The molecule has 0 unspecified atom stereocenters. The summed E-state index contributed by atoms with van der Waals surface area (Å²) in [5, 5.41) is 2.85. The molecule has 0 saturated carbocycles. The third kappa shape index (κ3) is 4.74. The highest BCUT2D eigenvalue weighted by atomic mass is 79.9. The van der Waals surface area contributed by atoms with Crippen LogP contribution in [0.2, 0.25) is 5.02 Å². The molecule has 32 heavy (non-hydrogen) atoms. The lowest BCUT2D eigenvalue weighted by atomic mass is 10.1. The summed E-state index contributed by atoms with van der Waals surface area (Å²) in [5.74, 6) is -1.01. The lowest BCUT2D eigenvalue weighted by Gasteiger charge is -2.26. The van der Waals surface area contributed by atoms with E-state index in [2.05, 4.69) is 21.2 Å². The summed E-state index contributed by atoms with van der Waals surface area (Å²) in [5.41, 5.74) is 1.60. The minimum atomic E-state index is -0.795. The Kier molecular flexibility index (Phi) is 6.39. The standard InChI is InChI=1S/C24H16BrClN2O4/c25-17-8-11-21(32-14-15-6-9-18(26)10-7-15)16(12-17)13-20-22(29)27-24(31)28(23(20)30)19-4-2-1-3-5-19/h1-13H,14H2,(H,27,29,31)/b20-13+. The van der Waals surface area contributed by atoms with Crippen molar-refractivity contribution in [1.29, 1.82) is 0 Å². The van der Waals surface area contributed by atoms with E-state index in [1.165, 1.54) is 6.08 Å². The minimum Gasteiger partial charge on any atom is -0.488 e. The van der Waals surface area contributed by atoms with Crippen LogP contribution in [0.15, 0.2) is 82.8 Å². The first-order valence-electron chi connectivity index (χ1n) is 9.55. The largest absolute Gasteiger partial charge is 0.488 e. The van der Waals surface area contributed by atoms with Crippen molar-refractivity contribution in [2.24, 2.45) is 0 Å². The number of hydrogen-bond donors (Lipinski definition) is 1. The van der Waals surface area contributed by atoms with Gasteiger partial charge in [0.2, 0.25) is 0 Å². The van der Waals surface area contributed by atoms with Crippen molar-refractivity contribution in [3.8, 4) is 5.75 Å². The molecule has 4 amide bonds. The Labute approximate surface area is 197 Å². The Morgan fingerprint density at radius 3 is 2.41 bits per heavy atom. The van der Waals surface area contributed by atoms with E-state index in [1.54, 1.807) is 60.7 Å². The molecule has 1 N–H and O–H groups in total. The van der Waals surface area contributed by atoms with Crippen LogP contribution < -0.4 is 15.0 Å². The van der Waals surface area contributed by atoms with Gasteiger partial charge in [-0.3, -0.25) is 14.9 Å². The van der Waals surface area contributed by atoms with Gasteiger partial charge in [0.05, 0.1) is 5.69 Å². The van der Waals surface area contributed by atoms with Crippen molar-refractivity contribution in [2.75, 3.05) is 4.90 Å². The van der Waals surface area contributed by atoms with Gasteiger partial charge in [-0.2, -0.15) is 0 Å². The number of carbonyl (C=O) groups excluding carboxylic acids is 3. The molecule has 6 nitrogen and oxygen atoms in total. The van der Waals surface area contributed by atoms with Crippen molar-refractivity contribution in [1.82, 2.24) is 5.32 Å². The first kappa shape index (κ1) is 21.8. The molecule has 1 heterocycles. The Morgan fingerprint density at radius 2 is 1.69 bits per heavy atom. The van der Waals surface area contributed by atoms with Gasteiger partial charge in [0.1, 0.15) is 17.9 Å². The number of hydrogen-bond acceptors (Lipinski definition) is 4. The summed E-state index contributed by atoms with van der Waals surface area (Å²) < 4.78 is 6.67. The van der Waals surface area contributed by atoms with Gasteiger partial charge in [0.15, 0.2) is 0 Å². The number of nitrogens with one attached hydrogen (secondary N) is 1. The number of urea groups is 1. The third-order valence-corrected chi connectivity index (χ3v) is 5.44. The second-order valence-corrected chi connectivity index (χ2v) is 8.24. The van der Waals surface area contributed by atoms with E-state index >= 15 is 0 Å². The molecule has 0 radical (unpaired) electrons. The fourth-order valence-corrected chi connectivity index (χ4v) is 3.63. The lowest BCUT2D eigenvalue weighted by molar-refractivity contribution is -0.122.